The van der Waals surface area contributed by atoms with Gasteiger partial charge in [0.2, 0.25) is 5.91 Å². The molecule has 2 aromatic rings. The van der Waals surface area contributed by atoms with E-state index in [-0.39, 0.29) is 11.8 Å². The van der Waals surface area contributed by atoms with Gasteiger partial charge in [0.15, 0.2) is 0 Å². The van der Waals surface area contributed by atoms with Crippen molar-refractivity contribution >= 4 is 17.6 Å². The van der Waals surface area contributed by atoms with Gasteiger partial charge in [-0.15, -0.1) is 0 Å². The molecule has 122 valence electrons. The zero-order chi connectivity index (χ0) is 16.8. The Labute approximate surface area is 134 Å². The second kappa shape index (κ2) is 7.55. The number of hydrogen-bond acceptors (Lipinski definition) is 4. The summed E-state index contributed by atoms with van der Waals surface area (Å²) in [4.78, 5) is 23.2. The number of hydrogen-bond donors (Lipinski definition) is 2. The molecule has 0 atom stereocenters. The minimum Gasteiger partial charge on any atom is -0.383 e. The molecule has 7 nitrogen and oxygen atoms in total. The fraction of sp³-hybridized carbons (Fsp3) is 0.312. The Morgan fingerprint density at radius 1 is 1.26 bits per heavy atom. The van der Waals surface area contributed by atoms with E-state index in [1.165, 1.54) is 6.92 Å². The quantitative estimate of drug-likeness (QED) is 0.791. The summed E-state index contributed by atoms with van der Waals surface area (Å²) < 4.78 is 6.52. The number of nitrogens with zero attached hydrogens (tertiary/aromatic N) is 2. The van der Waals surface area contributed by atoms with Gasteiger partial charge in [-0.2, -0.15) is 5.10 Å². The minimum absolute atomic E-state index is 0.160. The van der Waals surface area contributed by atoms with Crippen molar-refractivity contribution in [2.75, 3.05) is 25.6 Å². The molecule has 0 saturated heterocycles. The van der Waals surface area contributed by atoms with Gasteiger partial charge < -0.3 is 15.4 Å². The first-order chi connectivity index (χ1) is 11.0. The number of aromatic nitrogens is 2. The summed E-state index contributed by atoms with van der Waals surface area (Å²) in [5.74, 6) is 0.264. The van der Waals surface area contributed by atoms with E-state index >= 15 is 0 Å². The summed E-state index contributed by atoms with van der Waals surface area (Å²) in [6.07, 6.45) is 0. The summed E-state index contributed by atoms with van der Waals surface area (Å²) in [7, 11) is 1.58. The maximum absolute atomic E-state index is 11.9. The Hall–Kier alpha value is -2.67. The highest BCUT2D eigenvalue weighted by Crippen LogP contribution is 2.17. The van der Waals surface area contributed by atoms with Gasteiger partial charge in [-0.1, -0.05) is 0 Å². The number of amides is 2. The standard InChI is InChI=1S/C16H20N4O3/c1-11-10-15(18-12(2)21)20(19-11)14-6-4-13(5-7-14)16(22)17-8-9-23-3/h4-7,10H,8-9H2,1-3H3,(H,17,22)(H,18,21). The average Bonchev–Trinajstić information content (AvgIpc) is 2.87. The van der Waals surface area contributed by atoms with Crippen molar-refractivity contribution in [3.8, 4) is 5.69 Å². The molecule has 7 heteroatoms. The van der Waals surface area contributed by atoms with E-state index in [4.69, 9.17) is 4.74 Å². The SMILES string of the molecule is COCCNC(=O)c1ccc(-n2nc(C)cc2NC(C)=O)cc1. The summed E-state index contributed by atoms with van der Waals surface area (Å²) in [5.41, 5.74) is 2.10. The molecule has 0 unspecified atom stereocenters. The minimum atomic E-state index is -0.166. The van der Waals surface area contributed by atoms with Crippen molar-refractivity contribution in [1.82, 2.24) is 15.1 Å². The fourth-order valence-corrected chi connectivity index (χ4v) is 2.09. The van der Waals surface area contributed by atoms with Crippen molar-refractivity contribution in [1.29, 1.82) is 0 Å². The van der Waals surface area contributed by atoms with Crippen molar-refractivity contribution in [2.45, 2.75) is 13.8 Å². The van der Waals surface area contributed by atoms with Crippen molar-refractivity contribution in [3.63, 3.8) is 0 Å². The van der Waals surface area contributed by atoms with Gasteiger partial charge in [0.25, 0.3) is 5.91 Å². The molecule has 0 fully saturated rings. The lowest BCUT2D eigenvalue weighted by atomic mass is 10.2. The van der Waals surface area contributed by atoms with Gasteiger partial charge in [0.1, 0.15) is 5.82 Å². The van der Waals surface area contributed by atoms with E-state index in [9.17, 15) is 9.59 Å². The van der Waals surface area contributed by atoms with Crippen molar-refractivity contribution in [2.24, 2.45) is 0 Å². The topological polar surface area (TPSA) is 85.2 Å². The van der Waals surface area contributed by atoms with E-state index in [1.807, 2.05) is 6.92 Å². The molecule has 2 N–H and O–H groups in total. The van der Waals surface area contributed by atoms with Gasteiger partial charge in [-0.05, 0) is 31.2 Å². The second-order valence-corrected chi connectivity index (χ2v) is 5.06. The van der Waals surface area contributed by atoms with Crippen LogP contribution in [-0.2, 0) is 9.53 Å². The third kappa shape index (κ3) is 4.40. The third-order valence-corrected chi connectivity index (χ3v) is 3.10. The highest BCUT2D eigenvalue weighted by atomic mass is 16.5. The molecule has 1 aromatic carbocycles. The molecule has 0 aliphatic carbocycles. The third-order valence-electron chi connectivity index (χ3n) is 3.10. The Bertz CT molecular complexity index is 692. The maximum Gasteiger partial charge on any atom is 0.251 e. The van der Waals surface area contributed by atoms with Crippen LogP contribution in [-0.4, -0.2) is 41.9 Å². The summed E-state index contributed by atoms with van der Waals surface area (Å²) >= 11 is 0. The number of carbonyl (C=O) groups is 2. The molecule has 0 saturated carbocycles. The zero-order valence-electron chi connectivity index (χ0n) is 13.4. The lowest BCUT2D eigenvalue weighted by molar-refractivity contribution is -0.114. The molecular weight excluding hydrogens is 296 g/mol. The van der Waals surface area contributed by atoms with Crippen LogP contribution in [0.5, 0.6) is 0 Å². The first-order valence-corrected chi connectivity index (χ1v) is 7.23. The number of benzene rings is 1. The largest absolute Gasteiger partial charge is 0.383 e. The Morgan fingerprint density at radius 3 is 2.57 bits per heavy atom. The summed E-state index contributed by atoms with van der Waals surface area (Å²) in [6.45, 7) is 4.22. The van der Waals surface area contributed by atoms with Crippen molar-refractivity contribution < 1.29 is 14.3 Å². The van der Waals surface area contributed by atoms with Crippen LogP contribution in [0.2, 0.25) is 0 Å². The Balaban J connectivity index is 2.16. The second-order valence-electron chi connectivity index (χ2n) is 5.06. The zero-order valence-corrected chi connectivity index (χ0v) is 13.4. The molecule has 23 heavy (non-hydrogen) atoms. The molecule has 2 amide bonds. The number of carbonyl (C=O) groups excluding carboxylic acids is 2. The lowest BCUT2D eigenvalue weighted by Gasteiger charge is -2.09. The first-order valence-electron chi connectivity index (χ1n) is 7.23. The van der Waals surface area contributed by atoms with Crippen LogP contribution in [0.1, 0.15) is 23.0 Å². The van der Waals surface area contributed by atoms with Crippen LogP contribution < -0.4 is 10.6 Å². The molecule has 0 aliphatic heterocycles. The Kier molecular flexibility index (Phi) is 5.48. The molecule has 0 radical (unpaired) electrons. The molecule has 0 bridgehead atoms. The monoisotopic (exact) mass is 316 g/mol. The van der Waals surface area contributed by atoms with E-state index in [2.05, 4.69) is 15.7 Å². The van der Waals surface area contributed by atoms with Crippen LogP contribution in [0, 0.1) is 6.92 Å². The number of methoxy groups -OCH3 is 1. The van der Waals surface area contributed by atoms with Gasteiger partial charge >= 0.3 is 0 Å². The van der Waals surface area contributed by atoms with Gasteiger partial charge in [-0.25, -0.2) is 4.68 Å². The normalized spacial score (nSPS) is 10.4. The summed E-state index contributed by atoms with van der Waals surface area (Å²) in [5, 5.41) is 9.84. The van der Waals surface area contributed by atoms with Gasteiger partial charge in [-0.3, -0.25) is 9.59 Å². The van der Waals surface area contributed by atoms with Crippen LogP contribution in [0.15, 0.2) is 30.3 Å². The van der Waals surface area contributed by atoms with Gasteiger partial charge in [0.05, 0.1) is 18.0 Å². The number of nitrogens with one attached hydrogen (secondary N) is 2. The maximum atomic E-state index is 11.9. The van der Waals surface area contributed by atoms with Crippen LogP contribution in [0.4, 0.5) is 5.82 Å². The highest BCUT2D eigenvalue weighted by Gasteiger charge is 2.10. The van der Waals surface area contributed by atoms with Crippen LogP contribution in [0.25, 0.3) is 5.69 Å². The van der Waals surface area contributed by atoms with E-state index in [0.29, 0.717) is 24.5 Å². The number of aryl methyl sites for hydroxylation is 1. The first kappa shape index (κ1) is 16.7. The molecule has 0 aliphatic rings. The number of rotatable bonds is 6. The predicted molar refractivity (Wildman–Crippen MR) is 86.8 cm³/mol. The number of anilines is 1. The molecule has 1 aromatic heterocycles. The predicted octanol–water partition coefficient (Wildman–Crippen LogP) is 1.52. The molecule has 0 spiro atoms. The smallest absolute Gasteiger partial charge is 0.251 e. The molecule has 2 rings (SSSR count). The van der Waals surface area contributed by atoms with E-state index < -0.39 is 0 Å². The Morgan fingerprint density at radius 2 is 1.96 bits per heavy atom. The lowest BCUT2D eigenvalue weighted by Crippen LogP contribution is -2.26. The molecule has 1 heterocycles. The summed E-state index contributed by atoms with van der Waals surface area (Å²) in [6, 6.07) is 8.77. The fourth-order valence-electron chi connectivity index (χ4n) is 2.09. The van der Waals surface area contributed by atoms with Crippen molar-refractivity contribution in [3.05, 3.63) is 41.6 Å². The number of ether oxygens (including phenoxy) is 1. The van der Waals surface area contributed by atoms with E-state index in [0.717, 1.165) is 11.4 Å². The highest BCUT2D eigenvalue weighted by molar-refractivity contribution is 5.94. The van der Waals surface area contributed by atoms with Crippen LogP contribution >= 0.6 is 0 Å². The van der Waals surface area contributed by atoms with Gasteiger partial charge in [0, 0.05) is 32.2 Å². The van der Waals surface area contributed by atoms with E-state index in [1.54, 1.807) is 42.1 Å². The van der Waals surface area contributed by atoms with Crippen LogP contribution in [0.3, 0.4) is 0 Å². The average molecular weight is 316 g/mol. The molecular formula is C16H20N4O3.